The Labute approximate surface area is 237 Å². The topological polar surface area (TPSA) is 93.4 Å². The van der Waals surface area contributed by atoms with Gasteiger partial charge in [-0.05, 0) is 43.4 Å². The van der Waals surface area contributed by atoms with E-state index in [1.807, 2.05) is 29.4 Å². The van der Waals surface area contributed by atoms with Gasteiger partial charge in [0.1, 0.15) is 11.6 Å². The molecule has 40 heavy (non-hydrogen) atoms. The van der Waals surface area contributed by atoms with Gasteiger partial charge >= 0.3 is 0 Å². The Morgan fingerprint density at radius 2 is 1.55 bits per heavy atom. The molecule has 1 aromatic carbocycles. The van der Waals surface area contributed by atoms with Crippen molar-refractivity contribution in [1.29, 1.82) is 0 Å². The fraction of sp³-hybridized carbons (Fsp3) is 0.581. The van der Waals surface area contributed by atoms with Crippen LogP contribution < -0.4 is 0 Å². The summed E-state index contributed by atoms with van der Waals surface area (Å²) in [7, 11) is 0. The first-order chi connectivity index (χ1) is 19.7. The minimum atomic E-state index is -0.187. The van der Waals surface area contributed by atoms with Gasteiger partial charge in [-0.1, -0.05) is 37.8 Å². The Kier molecular flexibility index (Phi) is 8.60. The van der Waals surface area contributed by atoms with Crippen LogP contribution in [0.25, 0.3) is 0 Å². The highest BCUT2D eigenvalue weighted by Gasteiger charge is 2.42. The highest BCUT2D eigenvalue weighted by molar-refractivity contribution is 5.94. The summed E-state index contributed by atoms with van der Waals surface area (Å²) in [5.41, 5.74) is 1.71. The molecule has 0 unspecified atom stereocenters. The molecule has 9 nitrogen and oxygen atoms in total. The van der Waals surface area contributed by atoms with Crippen LogP contribution in [-0.4, -0.2) is 85.0 Å². The van der Waals surface area contributed by atoms with E-state index >= 15 is 0 Å². The van der Waals surface area contributed by atoms with Crippen LogP contribution >= 0.6 is 0 Å². The molecule has 1 saturated carbocycles. The van der Waals surface area contributed by atoms with Gasteiger partial charge in [0.05, 0.1) is 31.8 Å². The van der Waals surface area contributed by atoms with Crippen molar-refractivity contribution in [3.05, 3.63) is 71.8 Å². The normalized spacial score (nSPS) is 20.7. The van der Waals surface area contributed by atoms with E-state index < -0.39 is 0 Å². The number of carbonyl (C=O) groups is 1. The lowest BCUT2D eigenvalue weighted by Gasteiger charge is -2.48. The number of aromatic amines is 2. The van der Waals surface area contributed by atoms with Crippen LogP contribution in [0.15, 0.2) is 49.1 Å². The molecule has 1 aliphatic carbocycles. The monoisotopic (exact) mass is 545 g/mol. The number of H-pyrrole nitrogens is 2. The van der Waals surface area contributed by atoms with Crippen molar-refractivity contribution in [2.75, 3.05) is 32.8 Å². The van der Waals surface area contributed by atoms with Gasteiger partial charge in [-0.2, -0.15) is 0 Å². The Hall–Kier alpha value is -3.01. The van der Waals surface area contributed by atoms with Gasteiger partial charge in [0.25, 0.3) is 5.91 Å². The van der Waals surface area contributed by atoms with Gasteiger partial charge in [-0.3, -0.25) is 9.69 Å². The molecule has 1 amide bonds. The molecule has 3 aromatic rings. The van der Waals surface area contributed by atoms with E-state index in [9.17, 15) is 4.79 Å². The van der Waals surface area contributed by atoms with Crippen molar-refractivity contribution in [3.63, 3.8) is 0 Å². The van der Waals surface area contributed by atoms with Gasteiger partial charge in [-0.25, -0.2) is 9.97 Å². The molecule has 0 bridgehead atoms. The maximum absolute atomic E-state index is 13.6. The fourth-order valence-corrected chi connectivity index (χ4v) is 6.79. The van der Waals surface area contributed by atoms with E-state index in [0.717, 1.165) is 61.3 Å². The van der Waals surface area contributed by atoms with Crippen LogP contribution in [0.1, 0.15) is 78.9 Å². The number of nitrogens with one attached hydrogen (secondary N) is 2. The van der Waals surface area contributed by atoms with Crippen LogP contribution in [0.5, 0.6) is 0 Å². The van der Waals surface area contributed by atoms with Crippen molar-refractivity contribution in [3.8, 4) is 0 Å². The van der Waals surface area contributed by atoms with E-state index in [4.69, 9.17) is 4.74 Å². The van der Waals surface area contributed by atoms with Gasteiger partial charge in [0, 0.05) is 62.6 Å². The lowest BCUT2D eigenvalue weighted by atomic mass is 9.87. The minimum Gasteiger partial charge on any atom is -0.371 e. The molecule has 4 heterocycles. The number of carbonyl (C=O) groups excluding carboxylic acids is 1. The number of benzene rings is 1. The highest BCUT2D eigenvalue weighted by atomic mass is 16.5. The first kappa shape index (κ1) is 27.2. The van der Waals surface area contributed by atoms with E-state index in [1.54, 1.807) is 12.4 Å². The number of hydrogen-bond donors (Lipinski definition) is 2. The quantitative estimate of drug-likeness (QED) is 0.409. The maximum Gasteiger partial charge on any atom is 0.254 e. The number of amides is 1. The number of hydrogen-bond acceptors (Lipinski definition) is 6. The molecule has 2 aliphatic heterocycles. The molecule has 3 aliphatic rings. The number of morpholine rings is 1. The number of ether oxygens (including phenoxy) is 1. The Morgan fingerprint density at radius 1 is 0.900 bits per heavy atom. The van der Waals surface area contributed by atoms with Crippen LogP contribution in [0, 0.1) is 0 Å². The molecule has 2 N–H and O–H groups in total. The summed E-state index contributed by atoms with van der Waals surface area (Å²) in [6, 6.07) is 8.85. The predicted octanol–water partition coefficient (Wildman–Crippen LogP) is 4.37. The van der Waals surface area contributed by atoms with Gasteiger partial charge in [0.2, 0.25) is 0 Å². The third-order valence-corrected chi connectivity index (χ3v) is 9.05. The second-order valence-electron chi connectivity index (χ2n) is 11.9. The van der Waals surface area contributed by atoms with Crippen LogP contribution in [0.2, 0.25) is 0 Å². The molecule has 214 valence electrons. The average Bonchev–Trinajstić information content (AvgIpc) is 3.62. The summed E-state index contributed by atoms with van der Waals surface area (Å²) in [6.07, 6.45) is 17.5. The standard InChI is InChI=1S/C31H43N7O2/c39-30(38-19-20-40-31(24-38)11-17-37(18-12-31)27-5-3-1-2-4-6-27)26-9-7-25(8-10-26)21-36(22-28-32-13-14-33-28)23-29-34-15-16-35-29/h7-10,13-16,27H,1-6,11-12,17-24H2,(H,32,33)(H,34,35). The smallest absolute Gasteiger partial charge is 0.254 e. The van der Waals surface area contributed by atoms with E-state index in [-0.39, 0.29) is 11.5 Å². The third kappa shape index (κ3) is 6.65. The van der Waals surface area contributed by atoms with Crippen LogP contribution in [0.4, 0.5) is 0 Å². The Morgan fingerprint density at radius 3 is 2.15 bits per heavy atom. The number of piperidine rings is 1. The van der Waals surface area contributed by atoms with Gasteiger partial charge in [0.15, 0.2) is 0 Å². The molecule has 3 fully saturated rings. The zero-order valence-corrected chi connectivity index (χ0v) is 23.6. The third-order valence-electron chi connectivity index (χ3n) is 9.05. The molecule has 2 saturated heterocycles. The predicted molar refractivity (Wildman–Crippen MR) is 153 cm³/mol. The molecule has 0 radical (unpaired) electrons. The summed E-state index contributed by atoms with van der Waals surface area (Å²) in [6.45, 7) is 6.27. The van der Waals surface area contributed by atoms with E-state index in [2.05, 4.69) is 41.9 Å². The number of aromatic nitrogens is 4. The minimum absolute atomic E-state index is 0.114. The summed E-state index contributed by atoms with van der Waals surface area (Å²) < 4.78 is 6.39. The summed E-state index contributed by atoms with van der Waals surface area (Å²) in [5.74, 6) is 1.95. The largest absolute Gasteiger partial charge is 0.371 e. The molecule has 9 heteroatoms. The lowest BCUT2D eigenvalue weighted by molar-refractivity contribution is -0.130. The number of imidazole rings is 2. The van der Waals surface area contributed by atoms with Crippen molar-refractivity contribution in [2.24, 2.45) is 0 Å². The first-order valence-corrected chi connectivity index (χ1v) is 15.1. The average molecular weight is 546 g/mol. The van der Waals surface area contributed by atoms with Crippen molar-refractivity contribution in [1.82, 2.24) is 34.6 Å². The van der Waals surface area contributed by atoms with E-state index in [0.29, 0.717) is 32.8 Å². The number of nitrogens with zero attached hydrogens (tertiary/aromatic N) is 5. The van der Waals surface area contributed by atoms with E-state index in [1.165, 1.54) is 38.5 Å². The van der Waals surface area contributed by atoms with Gasteiger partial charge in [-0.15, -0.1) is 0 Å². The molecular formula is C31H43N7O2. The zero-order valence-electron chi connectivity index (χ0n) is 23.6. The summed E-state index contributed by atoms with van der Waals surface area (Å²) >= 11 is 0. The second kappa shape index (κ2) is 12.7. The number of rotatable bonds is 8. The van der Waals surface area contributed by atoms with Crippen molar-refractivity contribution < 1.29 is 9.53 Å². The molecule has 1 spiro atoms. The zero-order chi connectivity index (χ0) is 27.2. The molecular weight excluding hydrogens is 502 g/mol. The maximum atomic E-state index is 13.6. The molecule has 0 atom stereocenters. The number of likely N-dealkylation sites (tertiary alicyclic amines) is 1. The fourth-order valence-electron chi connectivity index (χ4n) is 6.79. The van der Waals surface area contributed by atoms with Gasteiger partial charge < -0.3 is 24.5 Å². The van der Waals surface area contributed by atoms with Crippen molar-refractivity contribution >= 4 is 5.91 Å². The second-order valence-corrected chi connectivity index (χ2v) is 11.9. The SMILES string of the molecule is O=C(c1ccc(CN(Cc2ncc[nH]2)Cc2ncc[nH]2)cc1)N1CCOC2(CCN(C3CCCCCC3)CC2)C1. The Balaban J connectivity index is 1.05. The lowest BCUT2D eigenvalue weighted by Crippen LogP contribution is -2.59. The van der Waals surface area contributed by atoms with Crippen molar-refractivity contribution in [2.45, 2.75) is 82.6 Å². The van der Waals surface area contributed by atoms with Crippen LogP contribution in [-0.2, 0) is 24.4 Å². The molecule has 6 rings (SSSR count). The molecule has 2 aromatic heterocycles. The van der Waals surface area contributed by atoms with Crippen LogP contribution in [0.3, 0.4) is 0 Å². The summed E-state index contributed by atoms with van der Waals surface area (Å²) in [5, 5.41) is 0. The Bertz CT molecular complexity index is 1140. The first-order valence-electron chi connectivity index (χ1n) is 15.1. The summed E-state index contributed by atoms with van der Waals surface area (Å²) in [4.78, 5) is 35.7. The highest BCUT2D eigenvalue weighted by Crippen LogP contribution is 2.33.